The quantitative estimate of drug-likeness (QED) is 0.307. The zero-order chi connectivity index (χ0) is 20.2. The van der Waals surface area contributed by atoms with Crippen molar-refractivity contribution in [1.29, 1.82) is 0 Å². The summed E-state index contributed by atoms with van der Waals surface area (Å²) in [6.07, 6.45) is 1.99. The Labute approximate surface area is 170 Å². The van der Waals surface area contributed by atoms with E-state index in [0.717, 1.165) is 21.3 Å². The number of nitrogens with one attached hydrogen (secondary N) is 3. The van der Waals surface area contributed by atoms with Gasteiger partial charge in [-0.1, -0.05) is 24.3 Å². The van der Waals surface area contributed by atoms with Crippen LogP contribution in [0, 0.1) is 10.1 Å². The number of carbonyl (C=O) groups excluding carboxylic acids is 1. The number of hydrogen-bond acceptors (Lipinski definition) is 4. The number of benzene rings is 2. The molecule has 29 heavy (non-hydrogen) atoms. The largest absolute Gasteiger partial charge is 0.361 e. The molecule has 2 heterocycles. The number of anilines is 1. The number of aromatic amines is 1. The van der Waals surface area contributed by atoms with E-state index in [9.17, 15) is 14.9 Å². The van der Waals surface area contributed by atoms with Crippen molar-refractivity contribution in [1.82, 2.24) is 10.3 Å². The van der Waals surface area contributed by atoms with Crippen molar-refractivity contribution < 1.29 is 9.72 Å². The summed E-state index contributed by atoms with van der Waals surface area (Å²) in [7, 11) is 0. The van der Waals surface area contributed by atoms with Crippen LogP contribution in [0.25, 0.3) is 10.9 Å². The average molecular weight is 406 g/mol. The van der Waals surface area contributed by atoms with Crippen LogP contribution in [0.15, 0.2) is 72.2 Å². The van der Waals surface area contributed by atoms with Crippen LogP contribution in [0.1, 0.15) is 16.4 Å². The zero-order valence-corrected chi connectivity index (χ0v) is 16.1. The molecule has 2 aromatic carbocycles. The lowest BCUT2D eigenvalue weighted by Crippen LogP contribution is -2.32. The van der Waals surface area contributed by atoms with E-state index in [1.165, 1.54) is 24.3 Å². The minimum Gasteiger partial charge on any atom is -0.361 e. The lowest BCUT2D eigenvalue weighted by molar-refractivity contribution is -0.384. The highest BCUT2D eigenvalue weighted by Crippen LogP contribution is 2.32. The molecule has 0 saturated carbocycles. The normalized spacial score (nSPS) is 11.9. The molecular formula is C21H18N4O3S. The minimum atomic E-state index is -0.476. The van der Waals surface area contributed by atoms with Crippen LogP contribution in [0.2, 0.25) is 0 Å². The van der Waals surface area contributed by atoms with Crippen LogP contribution in [0.4, 0.5) is 16.2 Å². The van der Waals surface area contributed by atoms with Gasteiger partial charge in [0.05, 0.1) is 4.92 Å². The Morgan fingerprint density at radius 1 is 1.10 bits per heavy atom. The van der Waals surface area contributed by atoms with E-state index in [1.54, 1.807) is 11.3 Å². The summed E-state index contributed by atoms with van der Waals surface area (Å²) < 4.78 is 0. The van der Waals surface area contributed by atoms with Crippen LogP contribution in [0.5, 0.6) is 0 Å². The number of non-ortho nitro benzene ring substituents is 1. The Balaban J connectivity index is 1.49. The predicted octanol–water partition coefficient (Wildman–Crippen LogP) is 5.09. The molecule has 2 aromatic heterocycles. The Hall–Kier alpha value is -3.65. The SMILES string of the molecule is O=C(NC[C@H](c1cccs1)c1c[nH]c2ccccc12)Nc1ccc([N+](=O)[O-])cc1. The molecule has 146 valence electrons. The van der Waals surface area contributed by atoms with Crippen LogP contribution in [-0.2, 0) is 0 Å². The monoisotopic (exact) mass is 406 g/mol. The van der Waals surface area contributed by atoms with Gasteiger partial charge in [-0.2, -0.15) is 0 Å². The van der Waals surface area contributed by atoms with Gasteiger partial charge < -0.3 is 15.6 Å². The van der Waals surface area contributed by atoms with Gasteiger partial charge in [-0.3, -0.25) is 10.1 Å². The first-order valence-electron chi connectivity index (χ1n) is 9.00. The fourth-order valence-electron chi connectivity index (χ4n) is 3.27. The highest BCUT2D eigenvalue weighted by Gasteiger charge is 2.20. The Bertz CT molecular complexity index is 1140. The summed E-state index contributed by atoms with van der Waals surface area (Å²) in [5.74, 6) is 0.00811. The molecule has 3 N–H and O–H groups in total. The maximum Gasteiger partial charge on any atom is 0.319 e. The molecule has 0 unspecified atom stereocenters. The van der Waals surface area contributed by atoms with Gasteiger partial charge in [0, 0.05) is 52.3 Å². The highest BCUT2D eigenvalue weighted by atomic mass is 32.1. The predicted molar refractivity (Wildman–Crippen MR) is 115 cm³/mol. The number of hydrogen-bond donors (Lipinski definition) is 3. The molecule has 7 nitrogen and oxygen atoms in total. The summed E-state index contributed by atoms with van der Waals surface area (Å²) in [5, 5.41) is 19.5. The number of amides is 2. The van der Waals surface area contributed by atoms with Gasteiger partial charge in [-0.05, 0) is 35.2 Å². The van der Waals surface area contributed by atoms with E-state index in [2.05, 4.69) is 27.8 Å². The van der Waals surface area contributed by atoms with Crippen molar-refractivity contribution in [3.05, 3.63) is 92.8 Å². The Morgan fingerprint density at radius 3 is 2.62 bits per heavy atom. The van der Waals surface area contributed by atoms with E-state index in [1.807, 2.05) is 35.8 Å². The third kappa shape index (κ3) is 4.12. The smallest absolute Gasteiger partial charge is 0.319 e. The molecule has 8 heteroatoms. The number of H-pyrrole nitrogens is 1. The van der Waals surface area contributed by atoms with Gasteiger partial charge >= 0.3 is 6.03 Å². The zero-order valence-electron chi connectivity index (χ0n) is 15.3. The third-order valence-electron chi connectivity index (χ3n) is 4.69. The average Bonchev–Trinajstić information content (AvgIpc) is 3.39. The lowest BCUT2D eigenvalue weighted by Gasteiger charge is -2.16. The molecule has 4 aromatic rings. The third-order valence-corrected chi connectivity index (χ3v) is 5.67. The number of nitro benzene ring substituents is 1. The molecule has 4 rings (SSSR count). The van der Waals surface area contributed by atoms with Crippen molar-refractivity contribution in [2.75, 3.05) is 11.9 Å². The summed E-state index contributed by atoms with van der Waals surface area (Å²) >= 11 is 1.65. The Kier molecular flexibility index (Phi) is 5.26. The van der Waals surface area contributed by atoms with Gasteiger partial charge in [0.15, 0.2) is 0 Å². The second-order valence-electron chi connectivity index (χ2n) is 6.50. The first kappa shape index (κ1) is 18.7. The van der Waals surface area contributed by atoms with E-state index in [0.29, 0.717) is 12.2 Å². The van der Waals surface area contributed by atoms with Crippen LogP contribution >= 0.6 is 11.3 Å². The number of nitro groups is 1. The summed E-state index contributed by atoms with van der Waals surface area (Å²) in [6, 6.07) is 17.5. The molecule has 0 aliphatic heterocycles. The first-order valence-corrected chi connectivity index (χ1v) is 9.88. The molecule has 0 bridgehead atoms. The molecule has 0 radical (unpaired) electrons. The van der Waals surface area contributed by atoms with Gasteiger partial charge in [-0.15, -0.1) is 11.3 Å². The number of fused-ring (bicyclic) bond motifs is 1. The number of thiophene rings is 1. The number of aromatic nitrogens is 1. The number of nitrogens with zero attached hydrogens (tertiary/aromatic N) is 1. The number of rotatable bonds is 6. The number of para-hydroxylation sites is 1. The second-order valence-corrected chi connectivity index (χ2v) is 7.48. The molecule has 0 saturated heterocycles. The number of carbonyl (C=O) groups is 1. The second kappa shape index (κ2) is 8.15. The summed E-state index contributed by atoms with van der Waals surface area (Å²) in [5.41, 5.74) is 2.65. The number of urea groups is 1. The van der Waals surface area contributed by atoms with Gasteiger partial charge in [0.1, 0.15) is 0 Å². The molecule has 0 spiro atoms. The van der Waals surface area contributed by atoms with Crippen molar-refractivity contribution >= 4 is 39.6 Å². The van der Waals surface area contributed by atoms with Crippen LogP contribution < -0.4 is 10.6 Å². The fourth-order valence-corrected chi connectivity index (χ4v) is 4.12. The molecule has 0 fully saturated rings. The lowest BCUT2D eigenvalue weighted by atomic mass is 9.97. The standard InChI is InChI=1S/C21H18N4O3S/c26-21(24-14-7-9-15(10-8-14)25(27)28)23-13-18(20-6-3-11-29-20)17-12-22-19-5-2-1-4-16(17)19/h1-12,18,22H,13H2,(H2,23,24,26)/t18-/m0/s1. The fraction of sp³-hybridized carbons (Fsp3) is 0.0952. The van der Waals surface area contributed by atoms with Gasteiger partial charge in [0.2, 0.25) is 0 Å². The van der Waals surface area contributed by atoms with Crippen molar-refractivity contribution in [3.8, 4) is 0 Å². The molecule has 0 aliphatic carbocycles. The van der Waals surface area contributed by atoms with Crippen molar-refractivity contribution in [2.45, 2.75) is 5.92 Å². The molecule has 2 amide bonds. The van der Waals surface area contributed by atoms with Gasteiger partial charge in [0.25, 0.3) is 5.69 Å². The van der Waals surface area contributed by atoms with Crippen LogP contribution in [0.3, 0.4) is 0 Å². The van der Waals surface area contributed by atoms with Crippen LogP contribution in [-0.4, -0.2) is 22.5 Å². The highest BCUT2D eigenvalue weighted by molar-refractivity contribution is 7.10. The minimum absolute atomic E-state index is 0.00811. The van der Waals surface area contributed by atoms with Gasteiger partial charge in [-0.25, -0.2) is 4.79 Å². The molecular weight excluding hydrogens is 388 g/mol. The van der Waals surface area contributed by atoms with E-state index < -0.39 is 4.92 Å². The topological polar surface area (TPSA) is 100 Å². The van der Waals surface area contributed by atoms with E-state index in [4.69, 9.17) is 0 Å². The van der Waals surface area contributed by atoms with Crippen molar-refractivity contribution in [3.63, 3.8) is 0 Å². The first-order chi connectivity index (χ1) is 14.1. The summed E-state index contributed by atoms with van der Waals surface area (Å²) in [6.45, 7) is 0.418. The Morgan fingerprint density at radius 2 is 1.90 bits per heavy atom. The van der Waals surface area contributed by atoms with E-state index in [-0.39, 0.29) is 17.6 Å². The maximum absolute atomic E-state index is 12.4. The van der Waals surface area contributed by atoms with E-state index >= 15 is 0 Å². The molecule has 1 atom stereocenters. The summed E-state index contributed by atoms with van der Waals surface area (Å²) in [4.78, 5) is 27.1. The maximum atomic E-state index is 12.4. The molecule has 0 aliphatic rings. The van der Waals surface area contributed by atoms with Crippen molar-refractivity contribution in [2.24, 2.45) is 0 Å².